The molecule has 1 aromatic heterocycles. The molecule has 1 aromatic rings. The zero-order valence-electron chi connectivity index (χ0n) is 10.5. The Morgan fingerprint density at radius 1 is 1.53 bits per heavy atom. The highest BCUT2D eigenvalue weighted by Gasteiger charge is 2.15. The molecule has 104 valence electrons. The van der Waals surface area contributed by atoms with Crippen LogP contribution in [0.3, 0.4) is 0 Å². The third-order valence-corrected chi connectivity index (χ3v) is 4.47. The second-order valence-electron chi connectivity index (χ2n) is 4.46. The Hall–Kier alpha value is -0.980. The van der Waals surface area contributed by atoms with Crippen LogP contribution in [0.4, 0.5) is 5.82 Å². The fourth-order valence-corrected chi connectivity index (χ4v) is 3.38. The van der Waals surface area contributed by atoms with E-state index in [0.717, 1.165) is 0 Å². The van der Waals surface area contributed by atoms with Gasteiger partial charge in [-0.15, -0.1) is 0 Å². The summed E-state index contributed by atoms with van der Waals surface area (Å²) in [6.45, 7) is 0.716. The summed E-state index contributed by atoms with van der Waals surface area (Å²) in [5, 5.41) is 3.27. The van der Waals surface area contributed by atoms with Gasteiger partial charge in [0.25, 0.3) is 5.91 Å². The first-order valence-corrected chi connectivity index (χ1v) is 7.72. The third kappa shape index (κ3) is 3.99. The molecule has 4 N–H and O–H groups in total. The highest BCUT2D eigenvalue weighted by atomic mass is 35.5. The SMILES string of the molecule is NNc1ncc(C(=O)NCC2CCSCC2)cc1Cl. The topological polar surface area (TPSA) is 80.0 Å². The standard InChI is InChI=1S/C12H17ClN4OS/c13-10-5-9(7-15-11(10)17-14)12(18)16-6-8-1-3-19-4-2-8/h5,7-8H,1-4,6,14H2,(H,15,17)(H,16,18). The molecule has 0 saturated carbocycles. The molecule has 19 heavy (non-hydrogen) atoms. The van der Waals surface area contributed by atoms with Gasteiger partial charge in [0.1, 0.15) is 0 Å². The minimum atomic E-state index is -0.142. The van der Waals surface area contributed by atoms with E-state index >= 15 is 0 Å². The van der Waals surface area contributed by atoms with Crippen molar-refractivity contribution in [1.82, 2.24) is 10.3 Å². The van der Waals surface area contributed by atoms with Crippen LogP contribution < -0.4 is 16.6 Å². The molecule has 0 aliphatic carbocycles. The van der Waals surface area contributed by atoms with Crippen LogP contribution in [0.15, 0.2) is 12.3 Å². The van der Waals surface area contributed by atoms with Gasteiger partial charge < -0.3 is 10.7 Å². The lowest BCUT2D eigenvalue weighted by Gasteiger charge is -2.21. The largest absolute Gasteiger partial charge is 0.352 e. The molecule has 0 atom stereocenters. The molecule has 0 bridgehead atoms. The maximum absolute atomic E-state index is 12.0. The average Bonchev–Trinajstić information content (AvgIpc) is 2.45. The number of amides is 1. The lowest BCUT2D eigenvalue weighted by molar-refractivity contribution is 0.0946. The normalized spacial score (nSPS) is 16.1. The van der Waals surface area contributed by atoms with Gasteiger partial charge in [0.05, 0.1) is 10.6 Å². The molecule has 0 unspecified atom stereocenters. The van der Waals surface area contributed by atoms with Crippen LogP contribution in [-0.4, -0.2) is 28.9 Å². The summed E-state index contributed by atoms with van der Waals surface area (Å²) in [6.07, 6.45) is 3.80. The van der Waals surface area contributed by atoms with Crippen molar-refractivity contribution in [2.75, 3.05) is 23.5 Å². The average molecular weight is 301 g/mol. The van der Waals surface area contributed by atoms with Gasteiger partial charge in [0.15, 0.2) is 5.82 Å². The van der Waals surface area contributed by atoms with E-state index in [1.807, 2.05) is 11.8 Å². The summed E-state index contributed by atoms with van der Waals surface area (Å²) in [4.78, 5) is 16.0. The number of thioether (sulfide) groups is 1. The monoisotopic (exact) mass is 300 g/mol. The van der Waals surface area contributed by atoms with Gasteiger partial charge in [0, 0.05) is 12.7 Å². The van der Waals surface area contributed by atoms with Crippen molar-refractivity contribution < 1.29 is 4.79 Å². The van der Waals surface area contributed by atoms with Crippen molar-refractivity contribution >= 4 is 35.1 Å². The highest BCUT2D eigenvalue weighted by molar-refractivity contribution is 7.99. The van der Waals surface area contributed by atoms with Crippen LogP contribution in [0.2, 0.25) is 5.02 Å². The zero-order valence-corrected chi connectivity index (χ0v) is 12.1. The Bertz CT molecular complexity index is 451. The molecule has 2 heterocycles. The number of aromatic nitrogens is 1. The van der Waals surface area contributed by atoms with E-state index in [1.165, 1.54) is 30.5 Å². The van der Waals surface area contributed by atoms with Gasteiger partial charge in [-0.05, 0) is 36.3 Å². The number of hydrogen-bond acceptors (Lipinski definition) is 5. The zero-order chi connectivity index (χ0) is 13.7. The Morgan fingerprint density at radius 2 is 2.26 bits per heavy atom. The van der Waals surface area contributed by atoms with Crippen LogP contribution in [0.25, 0.3) is 0 Å². The molecule has 2 rings (SSSR count). The summed E-state index contributed by atoms with van der Waals surface area (Å²) >= 11 is 7.91. The molecule has 0 spiro atoms. The number of pyridine rings is 1. The van der Waals surface area contributed by atoms with Crippen molar-refractivity contribution in [3.63, 3.8) is 0 Å². The van der Waals surface area contributed by atoms with E-state index in [4.69, 9.17) is 17.4 Å². The Labute approximate surface area is 121 Å². The van der Waals surface area contributed by atoms with Crippen molar-refractivity contribution in [1.29, 1.82) is 0 Å². The summed E-state index contributed by atoms with van der Waals surface area (Å²) in [5.41, 5.74) is 2.82. The first-order valence-electron chi connectivity index (χ1n) is 6.19. The van der Waals surface area contributed by atoms with E-state index < -0.39 is 0 Å². The van der Waals surface area contributed by atoms with Crippen LogP contribution in [0, 0.1) is 5.92 Å². The van der Waals surface area contributed by atoms with E-state index in [0.29, 0.717) is 28.9 Å². The number of rotatable bonds is 4. The van der Waals surface area contributed by atoms with Gasteiger partial charge in [-0.1, -0.05) is 11.6 Å². The van der Waals surface area contributed by atoms with Crippen molar-refractivity contribution in [3.8, 4) is 0 Å². The minimum Gasteiger partial charge on any atom is -0.352 e. The Balaban J connectivity index is 1.90. The second-order valence-corrected chi connectivity index (χ2v) is 6.10. The van der Waals surface area contributed by atoms with Gasteiger partial charge in [-0.2, -0.15) is 11.8 Å². The molecular weight excluding hydrogens is 284 g/mol. The molecule has 1 aliphatic rings. The van der Waals surface area contributed by atoms with E-state index in [-0.39, 0.29) is 5.91 Å². The maximum atomic E-state index is 12.0. The number of nitrogens with one attached hydrogen (secondary N) is 2. The molecular formula is C12H17ClN4OS. The van der Waals surface area contributed by atoms with E-state index in [9.17, 15) is 4.79 Å². The van der Waals surface area contributed by atoms with Crippen LogP contribution in [0.1, 0.15) is 23.2 Å². The predicted molar refractivity (Wildman–Crippen MR) is 79.4 cm³/mol. The Morgan fingerprint density at radius 3 is 2.89 bits per heavy atom. The number of hydrazine groups is 1. The number of halogens is 1. The van der Waals surface area contributed by atoms with E-state index in [1.54, 1.807) is 6.07 Å². The molecule has 1 aliphatic heterocycles. The molecule has 1 saturated heterocycles. The summed E-state index contributed by atoms with van der Waals surface area (Å²) in [7, 11) is 0. The van der Waals surface area contributed by atoms with Crippen molar-refractivity contribution in [3.05, 3.63) is 22.8 Å². The molecule has 1 fully saturated rings. The summed E-state index contributed by atoms with van der Waals surface area (Å²) in [6, 6.07) is 1.57. The summed E-state index contributed by atoms with van der Waals surface area (Å²) < 4.78 is 0. The van der Waals surface area contributed by atoms with Crippen LogP contribution in [-0.2, 0) is 0 Å². The number of carbonyl (C=O) groups is 1. The molecule has 0 aromatic carbocycles. The quantitative estimate of drug-likeness (QED) is 0.584. The Kier molecular flexibility index (Phi) is 5.30. The third-order valence-electron chi connectivity index (χ3n) is 3.13. The first-order chi connectivity index (χ1) is 9.20. The fraction of sp³-hybridized carbons (Fsp3) is 0.500. The number of nitrogen functional groups attached to an aromatic ring is 1. The lowest BCUT2D eigenvalue weighted by Crippen LogP contribution is -2.31. The molecule has 0 radical (unpaired) electrons. The maximum Gasteiger partial charge on any atom is 0.252 e. The summed E-state index contributed by atoms with van der Waals surface area (Å²) in [5.74, 6) is 8.41. The van der Waals surface area contributed by atoms with Gasteiger partial charge >= 0.3 is 0 Å². The lowest BCUT2D eigenvalue weighted by atomic mass is 10.0. The van der Waals surface area contributed by atoms with Crippen molar-refractivity contribution in [2.24, 2.45) is 11.8 Å². The second kappa shape index (κ2) is 6.98. The molecule has 7 heteroatoms. The number of nitrogens with zero attached hydrogens (tertiary/aromatic N) is 1. The number of nitrogens with two attached hydrogens (primary N) is 1. The number of carbonyl (C=O) groups excluding carboxylic acids is 1. The smallest absolute Gasteiger partial charge is 0.252 e. The van der Waals surface area contributed by atoms with Gasteiger partial charge in [0.2, 0.25) is 0 Å². The molecule has 5 nitrogen and oxygen atoms in total. The first kappa shape index (κ1) is 14.4. The number of hydrogen-bond donors (Lipinski definition) is 3. The fourth-order valence-electron chi connectivity index (χ4n) is 1.96. The number of anilines is 1. The van der Waals surface area contributed by atoms with Gasteiger partial charge in [-0.25, -0.2) is 10.8 Å². The van der Waals surface area contributed by atoms with Crippen LogP contribution >= 0.6 is 23.4 Å². The van der Waals surface area contributed by atoms with Gasteiger partial charge in [-0.3, -0.25) is 4.79 Å². The van der Waals surface area contributed by atoms with E-state index in [2.05, 4.69) is 15.7 Å². The van der Waals surface area contributed by atoms with Crippen LogP contribution in [0.5, 0.6) is 0 Å². The van der Waals surface area contributed by atoms with Crippen molar-refractivity contribution in [2.45, 2.75) is 12.8 Å². The minimum absolute atomic E-state index is 0.142. The highest BCUT2D eigenvalue weighted by Crippen LogP contribution is 2.22. The predicted octanol–water partition coefficient (Wildman–Crippen LogP) is 1.89. The molecule has 1 amide bonds.